The summed E-state index contributed by atoms with van der Waals surface area (Å²) >= 11 is 0. The molecule has 2 aliphatic heterocycles. The molecule has 3 rings (SSSR count). The molecule has 0 aromatic heterocycles. The lowest BCUT2D eigenvalue weighted by Crippen LogP contribution is -2.40. The van der Waals surface area contributed by atoms with Crippen molar-refractivity contribution in [2.24, 2.45) is 5.41 Å². The van der Waals surface area contributed by atoms with E-state index >= 15 is 0 Å². The van der Waals surface area contributed by atoms with Crippen molar-refractivity contribution >= 4 is 0 Å². The van der Waals surface area contributed by atoms with E-state index in [-0.39, 0.29) is 0 Å². The fourth-order valence-electron chi connectivity index (χ4n) is 3.71. The number of benzene rings is 1. The summed E-state index contributed by atoms with van der Waals surface area (Å²) in [4.78, 5) is 2.55. The molecule has 122 valence electrons. The average molecular weight is 305 g/mol. The third-order valence-electron chi connectivity index (χ3n) is 5.12. The summed E-state index contributed by atoms with van der Waals surface area (Å²) in [6.07, 6.45) is 3.95. The molecule has 4 heteroatoms. The molecule has 1 aromatic rings. The highest BCUT2D eigenvalue weighted by Gasteiger charge is 2.42. The molecule has 4 nitrogen and oxygen atoms in total. The molecule has 0 amide bonds. The zero-order chi connectivity index (χ0) is 15.4. The Morgan fingerprint density at radius 1 is 1.18 bits per heavy atom. The van der Waals surface area contributed by atoms with E-state index in [1.54, 1.807) is 14.2 Å². The van der Waals surface area contributed by atoms with Crippen LogP contribution in [0.3, 0.4) is 0 Å². The quantitative estimate of drug-likeness (QED) is 0.837. The molecule has 1 spiro atoms. The molecular weight excluding hydrogens is 278 g/mol. The van der Waals surface area contributed by atoms with E-state index < -0.39 is 0 Å². The van der Waals surface area contributed by atoms with Gasteiger partial charge in [-0.1, -0.05) is 12.1 Å². The summed E-state index contributed by atoms with van der Waals surface area (Å²) in [5, 5.41) is 0. The number of rotatable bonds is 5. The normalized spacial score (nSPS) is 24.7. The number of nitrogens with zero attached hydrogens (tertiary/aromatic N) is 1. The minimum atomic E-state index is 0.304. The summed E-state index contributed by atoms with van der Waals surface area (Å²) in [5.41, 5.74) is 1.76. The fourth-order valence-corrected chi connectivity index (χ4v) is 3.71. The lowest BCUT2D eigenvalue weighted by atomic mass is 9.76. The Morgan fingerprint density at radius 3 is 2.55 bits per heavy atom. The Labute approximate surface area is 133 Å². The zero-order valence-corrected chi connectivity index (χ0v) is 13.7. The van der Waals surface area contributed by atoms with Gasteiger partial charge >= 0.3 is 0 Å². The van der Waals surface area contributed by atoms with Gasteiger partial charge in [-0.25, -0.2) is 0 Å². The van der Waals surface area contributed by atoms with Crippen LogP contribution in [0.1, 0.15) is 24.8 Å². The Balaban J connectivity index is 1.49. The second-order valence-corrected chi connectivity index (χ2v) is 6.72. The van der Waals surface area contributed by atoms with Crippen LogP contribution in [0, 0.1) is 5.41 Å². The zero-order valence-electron chi connectivity index (χ0n) is 13.7. The lowest BCUT2D eigenvalue weighted by Gasteiger charge is -2.38. The number of hydrogen-bond donors (Lipinski definition) is 0. The number of hydrogen-bond acceptors (Lipinski definition) is 4. The molecule has 1 atom stereocenters. The van der Waals surface area contributed by atoms with E-state index in [1.807, 2.05) is 12.1 Å². The highest BCUT2D eigenvalue weighted by Crippen LogP contribution is 2.42. The molecule has 0 radical (unpaired) electrons. The predicted molar refractivity (Wildman–Crippen MR) is 86.2 cm³/mol. The highest BCUT2D eigenvalue weighted by molar-refractivity contribution is 5.27. The molecule has 0 N–H and O–H groups in total. The first-order valence-corrected chi connectivity index (χ1v) is 8.19. The smallest absolute Gasteiger partial charge is 0.118 e. The minimum absolute atomic E-state index is 0.304. The molecular formula is C18H27NO3. The van der Waals surface area contributed by atoms with Crippen LogP contribution in [0.2, 0.25) is 0 Å². The molecule has 0 unspecified atom stereocenters. The van der Waals surface area contributed by atoms with Gasteiger partial charge in [-0.2, -0.15) is 0 Å². The van der Waals surface area contributed by atoms with Gasteiger partial charge < -0.3 is 14.2 Å². The van der Waals surface area contributed by atoms with E-state index in [4.69, 9.17) is 14.2 Å². The second-order valence-electron chi connectivity index (χ2n) is 6.72. The third-order valence-corrected chi connectivity index (χ3v) is 5.12. The largest absolute Gasteiger partial charge is 0.497 e. The van der Waals surface area contributed by atoms with Crippen LogP contribution in [-0.2, 0) is 16.0 Å². The molecule has 2 saturated heterocycles. The average Bonchev–Trinajstić information content (AvgIpc) is 2.94. The first kappa shape index (κ1) is 15.8. The maximum Gasteiger partial charge on any atom is 0.118 e. The van der Waals surface area contributed by atoms with Gasteiger partial charge in [0.25, 0.3) is 0 Å². The van der Waals surface area contributed by atoms with Crippen molar-refractivity contribution in [2.75, 3.05) is 40.5 Å². The van der Waals surface area contributed by atoms with Gasteiger partial charge in [0.1, 0.15) is 5.75 Å². The molecule has 2 heterocycles. The van der Waals surface area contributed by atoms with Crippen LogP contribution in [0.25, 0.3) is 0 Å². The summed E-state index contributed by atoms with van der Waals surface area (Å²) in [7, 11) is 3.46. The van der Waals surface area contributed by atoms with Crippen LogP contribution in [0.4, 0.5) is 0 Å². The summed E-state index contributed by atoms with van der Waals surface area (Å²) in [5.74, 6) is 0.925. The maximum absolute atomic E-state index is 5.91. The van der Waals surface area contributed by atoms with Crippen molar-refractivity contribution in [3.05, 3.63) is 29.8 Å². The van der Waals surface area contributed by atoms with Crippen LogP contribution in [-0.4, -0.2) is 51.5 Å². The van der Waals surface area contributed by atoms with Crippen LogP contribution < -0.4 is 4.74 Å². The molecule has 1 aromatic carbocycles. The van der Waals surface area contributed by atoms with E-state index in [1.165, 1.54) is 18.4 Å². The van der Waals surface area contributed by atoms with E-state index in [0.717, 1.165) is 45.0 Å². The Bertz CT molecular complexity index is 466. The van der Waals surface area contributed by atoms with Gasteiger partial charge in [0.2, 0.25) is 0 Å². The van der Waals surface area contributed by atoms with Gasteiger partial charge in [-0.15, -0.1) is 0 Å². The third kappa shape index (κ3) is 3.62. The fraction of sp³-hybridized carbons (Fsp3) is 0.667. The summed E-state index contributed by atoms with van der Waals surface area (Å²) in [6, 6.07) is 8.41. The van der Waals surface area contributed by atoms with Crippen LogP contribution in [0.15, 0.2) is 24.3 Å². The molecule has 2 fully saturated rings. The van der Waals surface area contributed by atoms with E-state index in [2.05, 4.69) is 17.0 Å². The van der Waals surface area contributed by atoms with Crippen molar-refractivity contribution in [2.45, 2.75) is 31.9 Å². The van der Waals surface area contributed by atoms with Gasteiger partial charge in [0, 0.05) is 13.7 Å². The Morgan fingerprint density at radius 2 is 1.91 bits per heavy atom. The monoisotopic (exact) mass is 305 g/mol. The highest BCUT2D eigenvalue weighted by atomic mass is 16.5. The van der Waals surface area contributed by atoms with Gasteiger partial charge in [-0.05, 0) is 55.5 Å². The standard InChI is InChI=1S/C18H27NO3/c1-20-13-17-11-18(14-22-17)7-9-19(10-8-18)12-15-3-5-16(21-2)6-4-15/h3-6,17H,7-14H2,1-2H3/t17-/m0/s1. The lowest BCUT2D eigenvalue weighted by molar-refractivity contribution is 0.0284. The first-order chi connectivity index (χ1) is 10.7. The maximum atomic E-state index is 5.91. The van der Waals surface area contributed by atoms with Crippen molar-refractivity contribution < 1.29 is 14.2 Å². The van der Waals surface area contributed by atoms with Crippen molar-refractivity contribution in [3.63, 3.8) is 0 Å². The molecule has 0 bridgehead atoms. The molecule has 0 saturated carbocycles. The Kier molecular flexibility index (Phi) is 5.01. The van der Waals surface area contributed by atoms with Gasteiger partial charge in [-0.3, -0.25) is 4.90 Å². The Hall–Kier alpha value is -1.10. The second kappa shape index (κ2) is 6.99. The van der Waals surface area contributed by atoms with Crippen LogP contribution in [0.5, 0.6) is 5.75 Å². The molecule has 22 heavy (non-hydrogen) atoms. The SMILES string of the molecule is COC[C@@H]1CC2(CCN(Cc3ccc(OC)cc3)CC2)CO1. The summed E-state index contributed by atoms with van der Waals surface area (Å²) in [6.45, 7) is 5.00. The number of ether oxygens (including phenoxy) is 3. The summed E-state index contributed by atoms with van der Waals surface area (Å²) < 4.78 is 16.4. The number of likely N-dealkylation sites (tertiary alicyclic amines) is 1. The van der Waals surface area contributed by atoms with Crippen molar-refractivity contribution in [1.82, 2.24) is 4.90 Å². The van der Waals surface area contributed by atoms with E-state index in [9.17, 15) is 0 Å². The molecule has 0 aliphatic carbocycles. The van der Waals surface area contributed by atoms with Gasteiger partial charge in [0.15, 0.2) is 0 Å². The van der Waals surface area contributed by atoms with E-state index in [0.29, 0.717) is 11.5 Å². The van der Waals surface area contributed by atoms with Crippen LogP contribution >= 0.6 is 0 Å². The number of methoxy groups -OCH3 is 2. The van der Waals surface area contributed by atoms with Crippen molar-refractivity contribution in [3.8, 4) is 5.75 Å². The first-order valence-electron chi connectivity index (χ1n) is 8.19. The molecule has 2 aliphatic rings. The minimum Gasteiger partial charge on any atom is -0.497 e. The number of piperidine rings is 1. The van der Waals surface area contributed by atoms with Crippen molar-refractivity contribution in [1.29, 1.82) is 0 Å². The topological polar surface area (TPSA) is 30.9 Å². The van der Waals surface area contributed by atoms with Gasteiger partial charge in [0.05, 0.1) is 26.4 Å². The predicted octanol–water partition coefficient (Wildman–Crippen LogP) is 2.71.